The number of ether oxygens (including phenoxy) is 1. The molecule has 0 amide bonds. The zero-order chi connectivity index (χ0) is 11.8. The van der Waals surface area contributed by atoms with E-state index in [1.165, 1.54) is 11.8 Å². The molecule has 1 rings (SSSR count). The predicted molar refractivity (Wildman–Crippen MR) is 64.4 cm³/mol. The highest BCUT2D eigenvalue weighted by molar-refractivity contribution is 7.99. The largest absolute Gasteiger partial charge is 0.465 e. The molecular weight excluding hydrogens is 224 g/mol. The van der Waals surface area contributed by atoms with E-state index in [0.717, 1.165) is 5.03 Å². The van der Waals surface area contributed by atoms with Gasteiger partial charge in [-0.3, -0.25) is 4.79 Å². The minimum atomic E-state index is -0.285. The number of likely N-dealkylation sites (N-methyl/N-ethyl adjacent to an activating group) is 1. The number of carbonyl (C=O) groups is 1. The number of rotatable bonds is 6. The minimum absolute atomic E-state index is 0.214. The molecule has 0 fully saturated rings. The van der Waals surface area contributed by atoms with Gasteiger partial charge in [0.2, 0.25) is 0 Å². The van der Waals surface area contributed by atoms with Crippen LogP contribution >= 0.6 is 11.8 Å². The second kappa shape index (κ2) is 7.24. The smallest absolute Gasteiger partial charge is 0.323 e. The molecule has 0 aliphatic carbocycles. The molecule has 0 spiro atoms. The Kier molecular flexibility index (Phi) is 5.88. The first kappa shape index (κ1) is 13.0. The Hall–Kier alpha value is -1.07. The van der Waals surface area contributed by atoms with Gasteiger partial charge in [-0.25, -0.2) is 4.98 Å². The Labute approximate surface area is 99.8 Å². The molecule has 0 saturated carbocycles. The van der Waals surface area contributed by atoms with E-state index in [2.05, 4.69) is 10.3 Å². The minimum Gasteiger partial charge on any atom is -0.465 e. The predicted octanol–water partition coefficient (Wildman–Crippen LogP) is 1.32. The van der Waals surface area contributed by atoms with Crippen molar-refractivity contribution in [1.29, 1.82) is 0 Å². The van der Waals surface area contributed by atoms with Crippen LogP contribution in [0.1, 0.15) is 6.92 Å². The Bertz CT molecular complexity index is 319. The van der Waals surface area contributed by atoms with Crippen LogP contribution in [0.15, 0.2) is 29.4 Å². The van der Waals surface area contributed by atoms with Crippen LogP contribution in [0.25, 0.3) is 0 Å². The Morgan fingerprint density at radius 2 is 2.44 bits per heavy atom. The van der Waals surface area contributed by atoms with E-state index in [-0.39, 0.29) is 12.0 Å². The summed E-state index contributed by atoms with van der Waals surface area (Å²) in [6.07, 6.45) is 1.74. The van der Waals surface area contributed by atoms with Gasteiger partial charge in [0.15, 0.2) is 0 Å². The number of hydrogen-bond acceptors (Lipinski definition) is 5. The molecule has 0 aliphatic rings. The average Bonchev–Trinajstić information content (AvgIpc) is 2.31. The molecule has 4 nitrogen and oxygen atoms in total. The maximum absolute atomic E-state index is 11.5. The van der Waals surface area contributed by atoms with Crippen LogP contribution in [-0.4, -0.2) is 36.4 Å². The zero-order valence-corrected chi connectivity index (χ0v) is 10.3. The van der Waals surface area contributed by atoms with Crippen molar-refractivity contribution in [3.63, 3.8) is 0 Å². The van der Waals surface area contributed by atoms with Gasteiger partial charge in [0.05, 0.1) is 11.6 Å². The van der Waals surface area contributed by atoms with Crippen LogP contribution in [0.3, 0.4) is 0 Å². The van der Waals surface area contributed by atoms with Crippen molar-refractivity contribution in [2.75, 3.05) is 19.4 Å². The molecular formula is C11H16N2O2S. The van der Waals surface area contributed by atoms with Gasteiger partial charge in [-0.05, 0) is 26.1 Å². The van der Waals surface area contributed by atoms with Gasteiger partial charge in [-0.2, -0.15) is 0 Å². The van der Waals surface area contributed by atoms with Crippen molar-refractivity contribution in [3.8, 4) is 0 Å². The van der Waals surface area contributed by atoms with Gasteiger partial charge in [-0.1, -0.05) is 6.07 Å². The van der Waals surface area contributed by atoms with E-state index in [1.54, 1.807) is 20.2 Å². The van der Waals surface area contributed by atoms with Crippen molar-refractivity contribution in [3.05, 3.63) is 24.4 Å². The van der Waals surface area contributed by atoms with Gasteiger partial charge in [0.25, 0.3) is 0 Å². The summed E-state index contributed by atoms with van der Waals surface area (Å²) in [5, 5.41) is 3.84. The summed E-state index contributed by atoms with van der Waals surface area (Å²) in [6.45, 7) is 2.21. The number of nitrogens with zero attached hydrogens (tertiary/aromatic N) is 1. The number of thioether (sulfide) groups is 1. The van der Waals surface area contributed by atoms with Gasteiger partial charge >= 0.3 is 5.97 Å². The molecule has 0 bridgehead atoms. The molecule has 1 unspecified atom stereocenters. The fraction of sp³-hybridized carbons (Fsp3) is 0.455. The topological polar surface area (TPSA) is 51.2 Å². The molecule has 0 aliphatic heterocycles. The maximum Gasteiger partial charge on any atom is 0.323 e. The molecule has 1 N–H and O–H groups in total. The lowest BCUT2D eigenvalue weighted by molar-refractivity contribution is -0.144. The van der Waals surface area contributed by atoms with Crippen molar-refractivity contribution in [2.45, 2.75) is 18.0 Å². The molecule has 0 aromatic carbocycles. The zero-order valence-electron chi connectivity index (χ0n) is 9.47. The number of pyridine rings is 1. The van der Waals surface area contributed by atoms with E-state index in [9.17, 15) is 4.79 Å². The number of nitrogens with one attached hydrogen (secondary N) is 1. The van der Waals surface area contributed by atoms with Crippen LogP contribution in [0, 0.1) is 0 Å². The van der Waals surface area contributed by atoms with Crippen LogP contribution in [0.4, 0.5) is 0 Å². The van der Waals surface area contributed by atoms with E-state index < -0.39 is 0 Å². The van der Waals surface area contributed by atoms with Crippen LogP contribution in [0.2, 0.25) is 0 Å². The lowest BCUT2D eigenvalue weighted by Gasteiger charge is -2.13. The highest BCUT2D eigenvalue weighted by Crippen LogP contribution is 2.15. The summed E-state index contributed by atoms with van der Waals surface area (Å²) in [5.41, 5.74) is 0. The molecule has 16 heavy (non-hydrogen) atoms. The van der Waals surface area contributed by atoms with Gasteiger partial charge in [0, 0.05) is 11.9 Å². The lowest BCUT2D eigenvalue weighted by Crippen LogP contribution is -2.37. The summed E-state index contributed by atoms with van der Waals surface area (Å²) >= 11 is 1.53. The third-order valence-corrected chi connectivity index (χ3v) is 2.99. The first-order valence-corrected chi connectivity index (χ1v) is 6.14. The number of carbonyl (C=O) groups excluding carboxylic acids is 1. The SMILES string of the molecule is CCOC(=O)C(CSc1ccccn1)NC. The molecule has 1 aromatic rings. The van der Waals surface area contributed by atoms with E-state index in [1.807, 2.05) is 18.2 Å². The Morgan fingerprint density at radius 1 is 1.62 bits per heavy atom. The van der Waals surface area contributed by atoms with Crippen LogP contribution in [-0.2, 0) is 9.53 Å². The van der Waals surface area contributed by atoms with Gasteiger partial charge < -0.3 is 10.1 Å². The summed E-state index contributed by atoms with van der Waals surface area (Å²) in [5.74, 6) is 0.403. The summed E-state index contributed by atoms with van der Waals surface area (Å²) < 4.78 is 4.95. The third kappa shape index (κ3) is 4.20. The summed E-state index contributed by atoms with van der Waals surface area (Å²) in [4.78, 5) is 15.7. The van der Waals surface area contributed by atoms with Crippen molar-refractivity contribution in [1.82, 2.24) is 10.3 Å². The van der Waals surface area contributed by atoms with Crippen LogP contribution < -0.4 is 5.32 Å². The molecule has 1 heterocycles. The highest BCUT2D eigenvalue weighted by atomic mass is 32.2. The summed E-state index contributed by atoms with van der Waals surface area (Å²) in [6, 6.07) is 5.42. The molecule has 1 aromatic heterocycles. The first-order chi connectivity index (χ1) is 7.77. The molecule has 0 saturated heterocycles. The molecule has 5 heteroatoms. The van der Waals surface area contributed by atoms with Crippen molar-refractivity contribution in [2.24, 2.45) is 0 Å². The molecule has 0 radical (unpaired) electrons. The third-order valence-electron chi connectivity index (χ3n) is 1.96. The number of esters is 1. The second-order valence-corrected chi connectivity index (χ2v) is 4.11. The monoisotopic (exact) mass is 240 g/mol. The maximum atomic E-state index is 11.5. The van der Waals surface area contributed by atoms with Crippen molar-refractivity contribution < 1.29 is 9.53 Å². The second-order valence-electron chi connectivity index (χ2n) is 3.07. The molecule has 88 valence electrons. The van der Waals surface area contributed by atoms with Crippen molar-refractivity contribution >= 4 is 17.7 Å². The fourth-order valence-electron chi connectivity index (χ4n) is 1.11. The average molecular weight is 240 g/mol. The standard InChI is InChI=1S/C11H16N2O2S/c1-3-15-11(14)9(12-2)8-16-10-6-4-5-7-13-10/h4-7,9,12H,3,8H2,1-2H3. The van der Waals surface area contributed by atoms with Crippen LogP contribution in [0.5, 0.6) is 0 Å². The number of hydrogen-bond donors (Lipinski definition) is 1. The van der Waals surface area contributed by atoms with Gasteiger partial charge in [0.1, 0.15) is 6.04 Å². The van der Waals surface area contributed by atoms with Gasteiger partial charge in [-0.15, -0.1) is 11.8 Å². The normalized spacial score (nSPS) is 12.1. The fourth-order valence-corrected chi connectivity index (χ4v) is 2.06. The summed E-state index contributed by atoms with van der Waals surface area (Å²) in [7, 11) is 1.75. The lowest BCUT2D eigenvalue weighted by atomic mass is 10.3. The van der Waals surface area contributed by atoms with E-state index in [4.69, 9.17) is 4.74 Å². The van der Waals surface area contributed by atoms with E-state index in [0.29, 0.717) is 12.4 Å². The Morgan fingerprint density at radius 3 is 3.00 bits per heavy atom. The highest BCUT2D eigenvalue weighted by Gasteiger charge is 2.17. The quantitative estimate of drug-likeness (QED) is 0.600. The molecule has 1 atom stereocenters. The van der Waals surface area contributed by atoms with E-state index >= 15 is 0 Å². The first-order valence-electron chi connectivity index (χ1n) is 5.15. The Balaban J connectivity index is 2.43. The number of aromatic nitrogens is 1.